The van der Waals surface area contributed by atoms with Crippen molar-refractivity contribution >= 4 is 39.1 Å². The van der Waals surface area contributed by atoms with Crippen molar-refractivity contribution in [2.24, 2.45) is 0 Å². The minimum Gasteiger partial charge on any atom is -0.495 e. The van der Waals surface area contributed by atoms with Crippen LogP contribution in [0.3, 0.4) is 0 Å². The van der Waals surface area contributed by atoms with Crippen LogP contribution in [-0.2, 0) is 26.2 Å². The highest BCUT2D eigenvalue weighted by Crippen LogP contribution is 2.31. The maximum Gasteiger partial charge on any atom is 0.244 e. The molecule has 36 heavy (non-hydrogen) atoms. The number of anilines is 1. The van der Waals surface area contributed by atoms with Gasteiger partial charge in [-0.3, -0.25) is 13.9 Å². The molecule has 0 spiro atoms. The van der Waals surface area contributed by atoms with Crippen molar-refractivity contribution in [3.05, 3.63) is 58.6 Å². The number of aryl methyl sites for hydroxylation is 1. The SMILES string of the molecule is CC[C@H](C(=O)N[C@@H](C)CC)N(Cc1ccccc1Cl)C(=O)CN(c1cc(C)ccc1OC)S(C)(=O)=O. The molecule has 0 saturated carbocycles. The fourth-order valence-corrected chi connectivity index (χ4v) is 4.80. The number of halogens is 1. The number of carbonyl (C=O) groups excluding carboxylic acids is 2. The molecule has 10 heteroatoms. The van der Waals surface area contributed by atoms with Gasteiger partial charge < -0.3 is 15.0 Å². The Morgan fingerprint density at radius 1 is 1.11 bits per heavy atom. The summed E-state index contributed by atoms with van der Waals surface area (Å²) in [6.07, 6.45) is 2.11. The molecule has 1 N–H and O–H groups in total. The van der Waals surface area contributed by atoms with E-state index in [1.807, 2.05) is 27.7 Å². The number of hydrogen-bond acceptors (Lipinski definition) is 5. The third kappa shape index (κ3) is 7.61. The number of benzene rings is 2. The molecule has 0 aliphatic carbocycles. The molecule has 0 fully saturated rings. The van der Waals surface area contributed by atoms with Crippen molar-refractivity contribution in [1.82, 2.24) is 10.2 Å². The lowest BCUT2D eigenvalue weighted by atomic mass is 10.1. The zero-order chi connectivity index (χ0) is 27.0. The molecule has 2 aromatic carbocycles. The number of nitrogens with zero attached hydrogens (tertiary/aromatic N) is 2. The van der Waals surface area contributed by atoms with Crippen LogP contribution < -0.4 is 14.4 Å². The average molecular weight is 538 g/mol. The Balaban J connectivity index is 2.53. The van der Waals surface area contributed by atoms with Gasteiger partial charge in [0.1, 0.15) is 18.3 Å². The van der Waals surface area contributed by atoms with Crippen LogP contribution in [-0.4, -0.2) is 57.1 Å². The normalized spacial score (nSPS) is 13.0. The summed E-state index contributed by atoms with van der Waals surface area (Å²) in [5, 5.41) is 3.39. The second-order valence-corrected chi connectivity index (χ2v) is 11.1. The summed E-state index contributed by atoms with van der Waals surface area (Å²) in [5.74, 6) is -0.514. The number of nitrogens with one attached hydrogen (secondary N) is 1. The van der Waals surface area contributed by atoms with Crippen LogP contribution in [0.5, 0.6) is 5.75 Å². The van der Waals surface area contributed by atoms with E-state index in [-0.39, 0.29) is 24.2 Å². The van der Waals surface area contributed by atoms with Crippen molar-refractivity contribution in [2.75, 3.05) is 24.2 Å². The van der Waals surface area contributed by atoms with Gasteiger partial charge >= 0.3 is 0 Å². The molecule has 0 radical (unpaired) electrons. The predicted octanol–water partition coefficient (Wildman–Crippen LogP) is 4.15. The first-order valence-electron chi connectivity index (χ1n) is 11.9. The van der Waals surface area contributed by atoms with E-state index in [0.717, 1.165) is 22.5 Å². The first-order valence-corrected chi connectivity index (χ1v) is 14.1. The molecular formula is C26H36ClN3O5S. The first kappa shape index (κ1) is 29.5. The fourth-order valence-electron chi connectivity index (χ4n) is 3.76. The Morgan fingerprint density at radius 2 is 1.78 bits per heavy atom. The minimum atomic E-state index is -3.87. The van der Waals surface area contributed by atoms with Gasteiger partial charge in [0.25, 0.3) is 0 Å². The van der Waals surface area contributed by atoms with Gasteiger partial charge in [-0.15, -0.1) is 0 Å². The fraction of sp³-hybridized carbons (Fsp3) is 0.462. The molecule has 2 amide bonds. The zero-order valence-electron chi connectivity index (χ0n) is 21.7. The molecule has 0 saturated heterocycles. The summed E-state index contributed by atoms with van der Waals surface area (Å²) in [7, 11) is -2.44. The van der Waals surface area contributed by atoms with Crippen molar-refractivity contribution in [3.8, 4) is 5.75 Å². The quantitative estimate of drug-likeness (QED) is 0.439. The van der Waals surface area contributed by atoms with E-state index in [1.54, 1.807) is 42.5 Å². The Morgan fingerprint density at radius 3 is 2.33 bits per heavy atom. The van der Waals surface area contributed by atoms with Gasteiger partial charge in [0.2, 0.25) is 21.8 Å². The van der Waals surface area contributed by atoms with E-state index in [1.165, 1.54) is 12.0 Å². The molecule has 0 aliphatic heterocycles. The molecule has 0 bridgehead atoms. The standard InChI is InChI=1S/C26H36ClN3O5S/c1-7-19(4)28-26(32)22(8-2)29(16-20-11-9-10-12-21(20)27)25(31)17-30(36(6,33)34)23-15-18(3)13-14-24(23)35-5/h9-15,19,22H,7-8,16-17H2,1-6H3,(H,28,32)/t19-,22+/m0/s1. The molecule has 2 rings (SSSR count). The summed E-state index contributed by atoms with van der Waals surface area (Å²) in [6.45, 7) is 7.02. The number of ether oxygens (including phenoxy) is 1. The van der Waals surface area contributed by atoms with Crippen LogP contribution in [0, 0.1) is 6.92 Å². The van der Waals surface area contributed by atoms with E-state index in [0.29, 0.717) is 22.8 Å². The van der Waals surface area contributed by atoms with Crippen LogP contribution >= 0.6 is 11.6 Å². The lowest BCUT2D eigenvalue weighted by Gasteiger charge is -2.33. The predicted molar refractivity (Wildman–Crippen MR) is 144 cm³/mol. The molecule has 2 aromatic rings. The molecule has 0 unspecified atom stereocenters. The number of carbonyl (C=O) groups is 2. The van der Waals surface area contributed by atoms with Crippen LogP contribution in [0.1, 0.15) is 44.7 Å². The molecule has 0 aromatic heterocycles. The third-order valence-corrected chi connectivity index (χ3v) is 7.46. The Kier molecular flexibility index (Phi) is 10.6. The average Bonchev–Trinajstić information content (AvgIpc) is 2.82. The third-order valence-electron chi connectivity index (χ3n) is 5.97. The minimum absolute atomic E-state index is 0.0491. The zero-order valence-corrected chi connectivity index (χ0v) is 23.3. The summed E-state index contributed by atoms with van der Waals surface area (Å²) in [6, 6.07) is 11.3. The van der Waals surface area contributed by atoms with Gasteiger partial charge in [-0.1, -0.05) is 49.7 Å². The largest absolute Gasteiger partial charge is 0.495 e. The van der Waals surface area contributed by atoms with Crippen molar-refractivity contribution in [3.63, 3.8) is 0 Å². The maximum atomic E-state index is 13.8. The van der Waals surface area contributed by atoms with Gasteiger partial charge in [0.15, 0.2) is 0 Å². The molecule has 0 heterocycles. The Hall–Kier alpha value is -2.78. The lowest BCUT2D eigenvalue weighted by molar-refractivity contribution is -0.140. The van der Waals surface area contributed by atoms with Crippen LogP contribution in [0.4, 0.5) is 5.69 Å². The second kappa shape index (κ2) is 13.0. The summed E-state index contributed by atoms with van der Waals surface area (Å²) in [4.78, 5) is 28.4. The highest BCUT2D eigenvalue weighted by molar-refractivity contribution is 7.92. The molecule has 0 aliphatic rings. The van der Waals surface area contributed by atoms with Gasteiger partial charge in [-0.25, -0.2) is 8.42 Å². The second-order valence-electron chi connectivity index (χ2n) is 8.80. The van der Waals surface area contributed by atoms with E-state index >= 15 is 0 Å². The molecule has 2 atom stereocenters. The van der Waals surface area contributed by atoms with Crippen LogP contribution in [0.2, 0.25) is 5.02 Å². The van der Waals surface area contributed by atoms with Gasteiger partial charge in [-0.05, 0) is 56.0 Å². The highest BCUT2D eigenvalue weighted by atomic mass is 35.5. The smallest absolute Gasteiger partial charge is 0.244 e. The Labute approximate surface area is 219 Å². The summed E-state index contributed by atoms with van der Waals surface area (Å²) >= 11 is 6.38. The van der Waals surface area contributed by atoms with E-state index < -0.39 is 28.5 Å². The van der Waals surface area contributed by atoms with Gasteiger partial charge in [0, 0.05) is 17.6 Å². The number of rotatable bonds is 12. The topological polar surface area (TPSA) is 96.0 Å². The highest BCUT2D eigenvalue weighted by Gasteiger charge is 2.33. The monoisotopic (exact) mass is 537 g/mol. The van der Waals surface area contributed by atoms with Crippen molar-refractivity contribution < 1.29 is 22.7 Å². The van der Waals surface area contributed by atoms with Crippen molar-refractivity contribution in [1.29, 1.82) is 0 Å². The number of methoxy groups -OCH3 is 1. The van der Waals surface area contributed by atoms with E-state index in [4.69, 9.17) is 16.3 Å². The van der Waals surface area contributed by atoms with Crippen LogP contribution in [0.25, 0.3) is 0 Å². The molecular weight excluding hydrogens is 502 g/mol. The summed E-state index contributed by atoms with van der Waals surface area (Å²) in [5.41, 5.74) is 1.71. The first-order chi connectivity index (χ1) is 16.9. The number of amides is 2. The lowest BCUT2D eigenvalue weighted by Crippen LogP contribution is -2.53. The Bertz CT molecular complexity index is 1170. The maximum absolute atomic E-state index is 13.8. The number of hydrogen-bond donors (Lipinski definition) is 1. The van der Waals surface area contributed by atoms with Crippen molar-refractivity contribution in [2.45, 2.75) is 59.2 Å². The van der Waals surface area contributed by atoms with Gasteiger partial charge in [-0.2, -0.15) is 0 Å². The van der Waals surface area contributed by atoms with Crippen LogP contribution in [0.15, 0.2) is 42.5 Å². The van der Waals surface area contributed by atoms with E-state index in [9.17, 15) is 18.0 Å². The number of sulfonamides is 1. The van der Waals surface area contributed by atoms with E-state index in [2.05, 4.69) is 5.32 Å². The molecule has 8 nitrogen and oxygen atoms in total. The van der Waals surface area contributed by atoms with Gasteiger partial charge in [0.05, 0.1) is 19.1 Å². The summed E-state index contributed by atoms with van der Waals surface area (Å²) < 4.78 is 32.1. The molecule has 198 valence electrons.